The van der Waals surface area contributed by atoms with Crippen molar-refractivity contribution in [2.24, 2.45) is 5.41 Å². The van der Waals surface area contributed by atoms with Crippen molar-refractivity contribution < 1.29 is 14.4 Å². The highest BCUT2D eigenvalue weighted by Crippen LogP contribution is 2.46. The smallest absolute Gasteiger partial charge is 0.330 e. The molecule has 0 aliphatic carbocycles. The quantitative estimate of drug-likeness (QED) is 0.581. The van der Waals surface area contributed by atoms with Gasteiger partial charge in [0.25, 0.3) is 0 Å². The zero-order chi connectivity index (χ0) is 24.7. The number of benzene rings is 3. The average Bonchev–Trinajstić information content (AvgIpc) is 2.92. The molecule has 0 radical (unpaired) electrons. The molecule has 2 atom stereocenters. The van der Waals surface area contributed by atoms with Gasteiger partial charge in [0, 0.05) is 37.6 Å². The number of amides is 4. The molecule has 7 heteroatoms. The highest BCUT2D eigenvalue weighted by molar-refractivity contribution is 6.20. The van der Waals surface area contributed by atoms with E-state index in [4.69, 9.17) is 0 Å². The van der Waals surface area contributed by atoms with Crippen molar-refractivity contribution in [1.29, 1.82) is 0 Å². The van der Waals surface area contributed by atoms with Crippen LogP contribution in [0.4, 0.5) is 16.2 Å². The Morgan fingerprint density at radius 1 is 0.833 bits per heavy atom. The number of para-hydroxylation sites is 2. The summed E-state index contributed by atoms with van der Waals surface area (Å²) in [6.07, 6.45) is 0.804. The summed E-state index contributed by atoms with van der Waals surface area (Å²) in [6.45, 7) is 2.19. The lowest BCUT2D eigenvalue weighted by Gasteiger charge is -2.55. The van der Waals surface area contributed by atoms with Crippen molar-refractivity contribution in [3.05, 3.63) is 96.1 Å². The van der Waals surface area contributed by atoms with Crippen molar-refractivity contribution in [2.75, 3.05) is 36.0 Å². The topological polar surface area (TPSA) is 73.0 Å². The van der Waals surface area contributed by atoms with Gasteiger partial charge in [0.15, 0.2) is 5.41 Å². The van der Waals surface area contributed by atoms with Crippen LogP contribution >= 0.6 is 0 Å². The van der Waals surface area contributed by atoms with Crippen LogP contribution in [-0.2, 0) is 22.4 Å². The first-order valence-electron chi connectivity index (χ1n) is 12.4. The summed E-state index contributed by atoms with van der Waals surface area (Å²) >= 11 is 0. The van der Waals surface area contributed by atoms with Gasteiger partial charge in [-0.2, -0.15) is 0 Å². The summed E-state index contributed by atoms with van der Waals surface area (Å²) in [7, 11) is 0. The molecule has 0 aromatic heterocycles. The van der Waals surface area contributed by atoms with E-state index < -0.39 is 29.3 Å². The van der Waals surface area contributed by atoms with Gasteiger partial charge in [0.2, 0.25) is 11.8 Å². The summed E-state index contributed by atoms with van der Waals surface area (Å²) in [4.78, 5) is 46.5. The molecule has 2 saturated heterocycles. The minimum Gasteiger partial charge on any atom is -0.368 e. The van der Waals surface area contributed by atoms with Gasteiger partial charge in [-0.05, 0) is 42.2 Å². The van der Waals surface area contributed by atoms with Gasteiger partial charge in [-0.3, -0.25) is 19.8 Å². The minimum atomic E-state index is -1.38. The van der Waals surface area contributed by atoms with Gasteiger partial charge in [-0.15, -0.1) is 0 Å². The lowest BCUT2D eigenvalue weighted by atomic mass is 9.67. The molecule has 0 bridgehead atoms. The van der Waals surface area contributed by atoms with Gasteiger partial charge in [0.1, 0.15) is 0 Å². The Bertz CT molecular complexity index is 1310. The fraction of sp³-hybridized carbons (Fsp3) is 0.276. The highest BCUT2D eigenvalue weighted by Gasteiger charge is 2.62. The number of anilines is 2. The normalized spacial score (nSPS) is 23.4. The molecule has 182 valence electrons. The van der Waals surface area contributed by atoms with Gasteiger partial charge in [-0.1, -0.05) is 66.7 Å². The molecule has 3 aliphatic rings. The Morgan fingerprint density at radius 3 is 2.31 bits per heavy atom. The number of imide groups is 2. The second-order valence-corrected chi connectivity index (χ2v) is 9.72. The fourth-order valence-electron chi connectivity index (χ4n) is 5.97. The highest BCUT2D eigenvalue weighted by atomic mass is 16.2. The first-order valence-corrected chi connectivity index (χ1v) is 12.4. The van der Waals surface area contributed by atoms with Crippen molar-refractivity contribution in [3.8, 4) is 0 Å². The van der Waals surface area contributed by atoms with Crippen molar-refractivity contribution in [2.45, 2.75) is 18.9 Å². The summed E-state index contributed by atoms with van der Waals surface area (Å²) in [6, 6.07) is 26.8. The predicted octanol–water partition coefficient (Wildman–Crippen LogP) is 3.25. The molecule has 0 unspecified atom stereocenters. The zero-order valence-electron chi connectivity index (χ0n) is 20.0. The molecule has 2 fully saturated rings. The SMILES string of the molecule is O=C1NC(=O)[C@@]2(Cc3ccccc3N3CCN(c4ccccc4)C[C@H]32)C(=O)N1CCc1ccccc1. The lowest BCUT2D eigenvalue weighted by Crippen LogP contribution is -2.75. The number of nitrogens with one attached hydrogen (secondary N) is 1. The standard InChI is InChI=1S/C29H28N4O3/c34-26-29(27(35)33(28(36)30-26)16-15-21-9-3-1-4-10-21)19-22-11-7-8-14-24(22)32-18-17-31(20-25(29)32)23-12-5-2-6-13-23/h1-14,25H,15-20H2,(H,30,34,36)/t25-,29-/m0/s1. The van der Waals surface area contributed by atoms with Crippen molar-refractivity contribution >= 4 is 29.2 Å². The second-order valence-electron chi connectivity index (χ2n) is 9.72. The van der Waals surface area contributed by atoms with Crippen LogP contribution in [-0.4, -0.2) is 55.0 Å². The number of hydrogen-bond donors (Lipinski definition) is 1. The van der Waals surface area contributed by atoms with Crippen LogP contribution in [0.1, 0.15) is 11.1 Å². The second kappa shape index (κ2) is 8.82. The number of hydrogen-bond acceptors (Lipinski definition) is 5. The Labute approximate surface area is 210 Å². The maximum atomic E-state index is 14.3. The fourth-order valence-corrected chi connectivity index (χ4v) is 5.97. The molecule has 1 spiro atoms. The molecule has 7 nitrogen and oxygen atoms in total. The average molecular weight is 481 g/mol. The maximum Gasteiger partial charge on any atom is 0.330 e. The van der Waals surface area contributed by atoms with E-state index in [1.807, 2.05) is 66.7 Å². The summed E-state index contributed by atoms with van der Waals surface area (Å²) in [5.74, 6) is -0.889. The molecule has 3 heterocycles. The lowest BCUT2D eigenvalue weighted by molar-refractivity contribution is -0.153. The van der Waals surface area contributed by atoms with Crippen LogP contribution in [0.3, 0.4) is 0 Å². The predicted molar refractivity (Wildman–Crippen MR) is 138 cm³/mol. The van der Waals surface area contributed by atoms with Gasteiger partial charge in [0.05, 0.1) is 6.04 Å². The zero-order valence-corrected chi connectivity index (χ0v) is 20.0. The van der Waals surface area contributed by atoms with Gasteiger partial charge >= 0.3 is 6.03 Å². The van der Waals surface area contributed by atoms with E-state index in [0.29, 0.717) is 19.5 Å². The maximum absolute atomic E-state index is 14.3. The first kappa shape index (κ1) is 22.3. The van der Waals surface area contributed by atoms with Crippen LogP contribution in [0.5, 0.6) is 0 Å². The van der Waals surface area contributed by atoms with E-state index in [1.54, 1.807) is 0 Å². The molecule has 3 aromatic carbocycles. The van der Waals surface area contributed by atoms with Gasteiger partial charge in [-0.25, -0.2) is 4.79 Å². The van der Waals surface area contributed by atoms with E-state index >= 15 is 0 Å². The number of fused-ring (bicyclic) bond motifs is 4. The third-order valence-electron chi connectivity index (χ3n) is 7.81. The van der Waals surface area contributed by atoms with Crippen molar-refractivity contribution in [1.82, 2.24) is 10.2 Å². The van der Waals surface area contributed by atoms with Crippen LogP contribution in [0, 0.1) is 5.41 Å². The molecule has 6 rings (SSSR count). The Kier molecular flexibility index (Phi) is 5.48. The van der Waals surface area contributed by atoms with Gasteiger partial charge < -0.3 is 9.80 Å². The number of nitrogens with zero attached hydrogens (tertiary/aromatic N) is 3. The summed E-state index contributed by atoms with van der Waals surface area (Å²) in [5, 5.41) is 2.56. The van der Waals surface area contributed by atoms with E-state index in [1.165, 1.54) is 4.90 Å². The Hall–Kier alpha value is -4.13. The number of urea groups is 1. The van der Waals surface area contributed by atoms with Crippen LogP contribution < -0.4 is 15.1 Å². The van der Waals surface area contributed by atoms with Crippen LogP contribution in [0.2, 0.25) is 0 Å². The van der Waals surface area contributed by atoms with Crippen LogP contribution in [0.25, 0.3) is 0 Å². The molecular formula is C29H28N4O3. The summed E-state index contributed by atoms with van der Waals surface area (Å²) in [5.41, 5.74) is 2.74. The minimum absolute atomic E-state index is 0.223. The summed E-state index contributed by atoms with van der Waals surface area (Å²) < 4.78 is 0. The number of barbiturate groups is 1. The molecule has 3 aliphatic heterocycles. The van der Waals surface area contributed by atoms with E-state index in [2.05, 4.69) is 33.3 Å². The third-order valence-corrected chi connectivity index (χ3v) is 7.81. The monoisotopic (exact) mass is 480 g/mol. The molecular weight excluding hydrogens is 452 g/mol. The Balaban J connectivity index is 1.39. The third kappa shape index (κ3) is 3.54. The Morgan fingerprint density at radius 2 is 1.53 bits per heavy atom. The van der Waals surface area contributed by atoms with E-state index in [0.717, 1.165) is 29.0 Å². The molecule has 3 aromatic rings. The molecule has 4 amide bonds. The number of piperazine rings is 1. The number of carbonyl (C=O) groups is 3. The van der Waals surface area contributed by atoms with E-state index in [-0.39, 0.29) is 13.0 Å². The first-order chi connectivity index (χ1) is 17.6. The van der Waals surface area contributed by atoms with E-state index in [9.17, 15) is 14.4 Å². The van der Waals surface area contributed by atoms with Crippen LogP contribution in [0.15, 0.2) is 84.9 Å². The van der Waals surface area contributed by atoms with Crippen molar-refractivity contribution in [3.63, 3.8) is 0 Å². The molecule has 1 N–H and O–H groups in total. The molecule has 36 heavy (non-hydrogen) atoms. The number of carbonyl (C=O) groups excluding carboxylic acids is 3. The molecule has 0 saturated carbocycles. The largest absolute Gasteiger partial charge is 0.368 e. The number of rotatable bonds is 4.